The number of rotatable bonds is 5. The van der Waals surface area contributed by atoms with E-state index in [0.717, 1.165) is 11.1 Å². The van der Waals surface area contributed by atoms with Gasteiger partial charge in [0.25, 0.3) is 0 Å². The number of carbonyl (C=O) groups is 1. The van der Waals surface area contributed by atoms with E-state index in [9.17, 15) is 13.2 Å². The van der Waals surface area contributed by atoms with Crippen molar-refractivity contribution in [2.45, 2.75) is 24.7 Å². The third-order valence-electron chi connectivity index (χ3n) is 4.60. The van der Waals surface area contributed by atoms with Crippen LogP contribution >= 0.6 is 0 Å². The highest BCUT2D eigenvalue weighted by Gasteiger charge is 2.33. The van der Waals surface area contributed by atoms with Crippen LogP contribution in [0.2, 0.25) is 0 Å². The highest BCUT2D eigenvalue weighted by atomic mass is 32.2. The molecule has 0 saturated carbocycles. The first kappa shape index (κ1) is 19.3. The Hall–Kier alpha value is -2.51. The van der Waals surface area contributed by atoms with Gasteiger partial charge in [-0.1, -0.05) is 48.0 Å². The van der Waals surface area contributed by atoms with Crippen LogP contribution in [0.5, 0.6) is 0 Å². The molecule has 0 aliphatic carbocycles. The summed E-state index contributed by atoms with van der Waals surface area (Å²) in [5.41, 5.74) is 4.41. The van der Waals surface area contributed by atoms with Gasteiger partial charge in [-0.15, -0.1) is 0 Å². The van der Waals surface area contributed by atoms with Crippen molar-refractivity contribution in [3.8, 4) is 0 Å². The van der Waals surface area contributed by atoms with Crippen molar-refractivity contribution in [1.82, 2.24) is 9.73 Å². The quantitative estimate of drug-likeness (QED) is 0.635. The van der Waals surface area contributed by atoms with Crippen molar-refractivity contribution >= 4 is 22.1 Å². The van der Waals surface area contributed by atoms with E-state index in [-0.39, 0.29) is 17.3 Å². The highest BCUT2D eigenvalue weighted by molar-refractivity contribution is 7.89. The fraction of sp³-hybridized carbons (Fsp3) is 0.300. The molecular weight excluding hydrogens is 362 g/mol. The molecule has 2 aromatic carbocycles. The van der Waals surface area contributed by atoms with Crippen LogP contribution in [0, 0.1) is 12.8 Å². The third-order valence-corrected chi connectivity index (χ3v) is 6.48. The topological polar surface area (TPSA) is 78.8 Å². The van der Waals surface area contributed by atoms with Crippen LogP contribution in [0.4, 0.5) is 0 Å². The van der Waals surface area contributed by atoms with Crippen LogP contribution in [0.25, 0.3) is 0 Å². The molecule has 0 spiro atoms. The summed E-state index contributed by atoms with van der Waals surface area (Å²) in [5, 5.41) is 3.98. The fourth-order valence-corrected chi connectivity index (χ4v) is 4.56. The monoisotopic (exact) mass is 385 g/mol. The summed E-state index contributed by atoms with van der Waals surface area (Å²) in [6, 6.07) is 16.2. The zero-order chi connectivity index (χ0) is 19.3. The molecular formula is C20H23N3O3S. The Labute approximate surface area is 159 Å². The van der Waals surface area contributed by atoms with Crippen molar-refractivity contribution in [2.24, 2.45) is 11.0 Å². The van der Waals surface area contributed by atoms with Gasteiger partial charge in [0.05, 0.1) is 17.0 Å². The van der Waals surface area contributed by atoms with E-state index in [1.807, 2.05) is 37.3 Å². The Bertz CT molecular complexity index is 909. The van der Waals surface area contributed by atoms with Gasteiger partial charge in [-0.2, -0.15) is 9.41 Å². The minimum absolute atomic E-state index is 0.170. The van der Waals surface area contributed by atoms with Crippen LogP contribution in [-0.2, 0) is 14.8 Å². The lowest BCUT2D eigenvalue weighted by Gasteiger charge is -2.30. The molecule has 142 valence electrons. The van der Waals surface area contributed by atoms with Crippen molar-refractivity contribution in [1.29, 1.82) is 0 Å². The molecule has 1 amide bonds. The summed E-state index contributed by atoms with van der Waals surface area (Å²) < 4.78 is 27.1. The van der Waals surface area contributed by atoms with Gasteiger partial charge in [0, 0.05) is 13.1 Å². The van der Waals surface area contributed by atoms with Gasteiger partial charge in [-0.3, -0.25) is 4.79 Å². The lowest BCUT2D eigenvalue weighted by Crippen LogP contribution is -2.44. The molecule has 6 nitrogen and oxygen atoms in total. The van der Waals surface area contributed by atoms with Crippen molar-refractivity contribution in [3.63, 3.8) is 0 Å². The van der Waals surface area contributed by atoms with Gasteiger partial charge in [-0.05, 0) is 37.5 Å². The zero-order valence-corrected chi connectivity index (χ0v) is 16.0. The fourth-order valence-electron chi connectivity index (χ4n) is 3.03. The number of sulfonamides is 1. The molecule has 0 unspecified atom stereocenters. The van der Waals surface area contributed by atoms with E-state index < -0.39 is 15.9 Å². The Morgan fingerprint density at radius 1 is 1.15 bits per heavy atom. The highest BCUT2D eigenvalue weighted by Crippen LogP contribution is 2.24. The maximum Gasteiger partial charge on any atom is 0.244 e. The second-order valence-electron chi connectivity index (χ2n) is 6.66. The molecule has 1 fully saturated rings. The van der Waals surface area contributed by atoms with E-state index in [1.54, 1.807) is 30.5 Å². The largest absolute Gasteiger partial charge is 0.273 e. The first-order valence-electron chi connectivity index (χ1n) is 8.91. The van der Waals surface area contributed by atoms with E-state index in [4.69, 9.17) is 0 Å². The Morgan fingerprint density at radius 3 is 2.56 bits per heavy atom. The summed E-state index contributed by atoms with van der Waals surface area (Å²) in [6.45, 7) is 2.50. The number of hydrogen-bond donors (Lipinski definition) is 1. The van der Waals surface area contributed by atoms with Crippen molar-refractivity contribution in [2.75, 3.05) is 13.1 Å². The number of nitrogens with zero attached hydrogens (tertiary/aromatic N) is 2. The van der Waals surface area contributed by atoms with E-state index in [0.29, 0.717) is 19.4 Å². The number of benzene rings is 2. The van der Waals surface area contributed by atoms with Gasteiger partial charge < -0.3 is 0 Å². The molecule has 1 saturated heterocycles. The van der Waals surface area contributed by atoms with Gasteiger partial charge in [0.1, 0.15) is 0 Å². The minimum Gasteiger partial charge on any atom is -0.273 e. The standard InChI is InChI=1S/C20H23N3O3S/c1-16-9-11-19(12-10-16)27(25,26)23-13-5-8-18(15-23)20(24)22-21-14-17-6-3-2-4-7-17/h2-4,6-7,9-12,14,18H,5,8,13,15H2,1H3,(H,22,24)/b21-14-/t18-/m1/s1. The summed E-state index contributed by atoms with van der Waals surface area (Å²) in [6.07, 6.45) is 2.86. The smallest absolute Gasteiger partial charge is 0.244 e. The second kappa shape index (κ2) is 8.45. The van der Waals surface area contributed by atoms with Gasteiger partial charge in [-0.25, -0.2) is 13.8 Å². The van der Waals surface area contributed by atoms with E-state index in [1.165, 1.54) is 4.31 Å². The molecule has 0 aromatic heterocycles. The third kappa shape index (κ3) is 4.81. The number of amides is 1. The Balaban J connectivity index is 1.64. The van der Waals surface area contributed by atoms with Crippen LogP contribution in [0.3, 0.4) is 0 Å². The zero-order valence-electron chi connectivity index (χ0n) is 15.2. The van der Waals surface area contributed by atoms with Crippen LogP contribution < -0.4 is 5.43 Å². The van der Waals surface area contributed by atoms with E-state index in [2.05, 4.69) is 10.5 Å². The molecule has 0 bridgehead atoms. The molecule has 7 heteroatoms. The molecule has 0 radical (unpaired) electrons. The van der Waals surface area contributed by atoms with Crippen LogP contribution in [-0.4, -0.2) is 37.9 Å². The lowest BCUT2D eigenvalue weighted by molar-refractivity contribution is -0.126. The Kier molecular flexibility index (Phi) is 6.03. The van der Waals surface area contributed by atoms with Gasteiger partial charge in [0.15, 0.2) is 0 Å². The van der Waals surface area contributed by atoms with Crippen LogP contribution in [0.15, 0.2) is 64.6 Å². The molecule has 1 heterocycles. The van der Waals surface area contributed by atoms with Crippen molar-refractivity contribution in [3.05, 3.63) is 65.7 Å². The van der Waals surface area contributed by atoms with Gasteiger partial charge in [0.2, 0.25) is 15.9 Å². The van der Waals surface area contributed by atoms with Crippen molar-refractivity contribution < 1.29 is 13.2 Å². The second-order valence-corrected chi connectivity index (χ2v) is 8.60. The number of carbonyl (C=O) groups excluding carboxylic acids is 1. The van der Waals surface area contributed by atoms with Crippen LogP contribution in [0.1, 0.15) is 24.0 Å². The number of aryl methyl sites for hydroxylation is 1. The maximum atomic E-state index is 12.8. The lowest BCUT2D eigenvalue weighted by atomic mass is 9.99. The van der Waals surface area contributed by atoms with Gasteiger partial charge >= 0.3 is 0 Å². The summed E-state index contributed by atoms with van der Waals surface area (Å²) >= 11 is 0. The summed E-state index contributed by atoms with van der Waals surface area (Å²) in [7, 11) is -3.59. The summed E-state index contributed by atoms with van der Waals surface area (Å²) in [4.78, 5) is 12.7. The normalized spacial score (nSPS) is 18.5. The average molecular weight is 385 g/mol. The molecule has 27 heavy (non-hydrogen) atoms. The molecule has 2 aromatic rings. The minimum atomic E-state index is -3.59. The number of hydrogen-bond acceptors (Lipinski definition) is 4. The first-order chi connectivity index (χ1) is 13.0. The predicted octanol–water partition coefficient (Wildman–Crippen LogP) is 2.55. The number of hydrazone groups is 1. The average Bonchev–Trinajstić information content (AvgIpc) is 2.69. The summed E-state index contributed by atoms with van der Waals surface area (Å²) in [5.74, 6) is -0.669. The SMILES string of the molecule is Cc1ccc(S(=O)(=O)N2CCC[C@@H](C(=O)N/N=C\c3ccccc3)C2)cc1. The first-order valence-corrected chi connectivity index (χ1v) is 10.4. The molecule has 3 rings (SSSR count). The number of nitrogens with one attached hydrogen (secondary N) is 1. The number of piperidine rings is 1. The Morgan fingerprint density at radius 2 is 1.85 bits per heavy atom. The molecule has 1 N–H and O–H groups in total. The predicted molar refractivity (Wildman–Crippen MR) is 105 cm³/mol. The molecule has 1 aliphatic rings. The molecule has 1 atom stereocenters. The molecule has 1 aliphatic heterocycles. The maximum absolute atomic E-state index is 12.8. The van der Waals surface area contributed by atoms with E-state index >= 15 is 0 Å².